The van der Waals surface area contributed by atoms with Gasteiger partial charge in [-0.05, 0) is 31.6 Å². The molecule has 2 atom stereocenters. The SMILES string of the molecule is CCCC(CBr)(CCC)COC1CCCC(C)C1. The summed E-state index contributed by atoms with van der Waals surface area (Å²) in [5, 5.41) is 1.09. The third-order valence-electron chi connectivity index (χ3n) is 4.36. The molecule has 1 nitrogen and oxygen atoms in total. The van der Waals surface area contributed by atoms with E-state index in [0.29, 0.717) is 11.5 Å². The van der Waals surface area contributed by atoms with Crippen LogP contribution in [-0.4, -0.2) is 18.0 Å². The number of halogens is 1. The Kier molecular flexibility index (Phi) is 7.86. The first-order valence-corrected chi connectivity index (χ1v) is 8.95. The molecule has 1 aliphatic carbocycles. The van der Waals surface area contributed by atoms with Crippen LogP contribution in [0.2, 0.25) is 0 Å². The molecule has 0 bridgehead atoms. The van der Waals surface area contributed by atoms with Gasteiger partial charge < -0.3 is 4.74 Å². The van der Waals surface area contributed by atoms with Crippen LogP contribution in [0.5, 0.6) is 0 Å². The van der Waals surface area contributed by atoms with Gasteiger partial charge in [-0.3, -0.25) is 0 Å². The maximum absolute atomic E-state index is 6.28. The first-order valence-electron chi connectivity index (χ1n) is 7.83. The van der Waals surface area contributed by atoms with Crippen molar-refractivity contribution in [3.63, 3.8) is 0 Å². The van der Waals surface area contributed by atoms with Crippen LogP contribution in [-0.2, 0) is 4.74 Å². The van der Waals surface area contributed by atoms with Crippen LogP contribution >= 0.6 is 15.9 Å². The molecule has 2 unspecified atom stereocenters. The van der Waals surface area contributed by atoms with E-state index < -0.39 is 0 Å². The normalized spacial score (nSPS) is 25.3. The fourth-order valence-corrected chi connectivity index (χ4v) is 4.05. The van der Waals surface area contributed by atoms with Crippen molar-refractivity contribution in [1.29, 1.82) is 0 Å². The van der Waals surface area contributed by atoms with Crippen LogP contribution in [0.3, 0.4) is 0 Å². The lowest BCUT2D eigenvalue weighted by molar-refractivity contribution is -0.0322. The highest BCUT2D eigenvalue weighted by molar-refractivity contribution is 9.09. The largest absolute Gasteiger partial charge is 0.378 e. The molecule has 0 heterocycles. The molecule has 0 spiro atoms. The second kappa shape index (κ2) is 8.58. The summed E-state index contributed by atoms with van der Waals surface area (Å²) in [6.45, 7) is 7.90. The van der Waals surface area contributed by atoms with Crippen molar-refractivity contribution in [2.24, 2.45) is 11.3 Å². The summed E-state index contributed by atoms with van der Waals surface area (Å²) < 4.78 is 6.28. The van der Waals surface area contributed by atoms with E-state index in [-0.39, 0.29) is 0 Å². The third kappa shape index (κ3) is 5.21. The van der Waals surface area contributed by atoms with E-state index in [4.69, 9.17) is 4.74 Å². The number of rotatable bonds is 8. The van der Waals surface area contributed by atoms with Gasteiger partial charge in [-0.1, -0.05) is 62.4 Å². The molecule has 0 aromatic rings. The molecule has 0 amide bonds. The van der Waals surface area contributed by atoms with Crippen LogP contribution in [0.4, 0.5) is 0 Å². The van der Waals surface area contributed by atoms with Crippen LogP contribution in [0.25, 0.3) is 0 Å². The molecule has 108 valence electrons. The van der Waals surface area contributed by atoms with Gasteiger partial charge in [-0.15, -0.1) is 0 Å². The second-order valence-corrected chi connectivity index (χ2v) is 6.90. The van der Waals surface area contributed by atoms with Gasteiger partial charge in [0.2, 0.25) is 0 Å². The highest BCUT2D eigenvalue weighted by atomic mass is 79.9. The molecular formula is C16H31BrO. The van der Waals surface area contributed by atoms with Crippen molar-refractivity contribution in [2.45, 2.75) is 78.2 Å². The summed E-state index contributed by atoms with van der Waals surface area (Å²) in [7, 11) is 0. The number of alkyl halides is 1. The number of hydrogen-bond acceptors (Lipinski definition) is 1. The maximum Gasteiger partial charge on any atom is 0.0578 e. The second-order valence-electron chi connectivity index (χ2n) is 6.34. The highest BCUT2D eigenvalue weighted by Gasteiger charge is 2.29. The molecule has 18 heavy (non-hydrogen) atoms. The monoisotopic (exact) mass is 318 g/mol. The highest BCUT2D eigenvalue weighted by Crippen LogP contribution is 2.34. The van der Waals surface area contributed by atoms with Crippen LogP contribution < -0.4 is 0 Å². The first kappa shape index (κ1) is 16.5. The van der Waals surface area contributed by atoms with E-state index in [1.54, 1.807) is 0 Å². The third-order valence-corrected chi connectivity index (χ3v) is 5.55. The van der Waals surface area contributed by atoms with Crippen LogP contribution in [0, 0.1) is 11.3 Å². The molecule has 0 aromatic heterocycles. The number of hydrogen-bond donors (Lipinski definition) is 0. The molecule has 1 saturated carbocycles. The van der Waals surface area contributed by atoms with Crippen molar-refractivity contribution in [2.75, 3.05) is 11.9 Å². The molecular weight excluding hydrogens is 288 g/mol. The van der Waals surface area contributed by atoms with Crippen molar-refractivity contribution < 1.29 is 4.74 Å². The lowest BCUT2D eigenvalue weighted by Crippen LogP contribution is -2.33. The predicted octanol–water partition coefficient (Wildman–Crippen LogP) is 5.56. The van der Waals surface area contributed by atoms with E-state index >= 15 is 0 Å². The van der Waals surface area contributed by atoms with Gasteiger partial charge in [0.15, 0.2) is 0 Å². The summed E-state index contributed by atoms with van der Waals surface area (Å²) in [5.74, 6) is 0.861. The smallest absolute Gasteiger partial charge is 0.0578 e. The first-order chi connectivity index (χ1) is 8.65. The molecule has 0 aromatic carbocycles. The Bertz CT molecular complexity index is 211. The lowest BCUT2D eigenvalue weighted by atomic mass is 9.81. The van der Waals surface area contributed by atoms with Gasteiger partial charge in [0.25, 0.3) is 0 Å². The summed E-state index contributed by atoms with van der Waals surface area (Å²) in [4.78, 5) is 0. The Hall–Kier alpha value is 0.440. The lowest BCUT2D eigenvalue weighted by Gasteiger charge is -2.35. The Morgan fingerprint density at radius 2 is 1.83 bits per heavy atom. The van der Waals surface area contributed by atoms with E-state index in [1.165, 1.54) is 51.4 Å². The molecule has 1 aliphatic rings. The summed E-state index contributed by atoms with van der Waals surface area (Å²) >= 11 is 3.73. The minimum atomic E-state index is 0.379. The van der Waals surface area contributed by atoms with Gasteiger partial charge >= 0.3 is 0 Å². The van der Waals surface area contributed by atoms with Gasteiger partial charge in [0.05, 0.1) is 12.7 Å². The van der Waals surface area contributed by atoms with Gasteiger partial charge in [0, 0.05) is 10.7 Å². The minimum absolute atomic E-state index is 0.379. The zero-order valence-electron chi connectivity index (χ0n) is 12.5. The Morgan fingerprint density at radius 1 is 1.17 bits per heavy atom. The Labute approximate surface area is 122 Å². The summed E-state index contributed by atoms with van der Waals surface area (Å²) in [5.41, 5.74) is 0.379. The van der Waals surface area contributed by atoms with E-state index in [0.717, 1.165) is 17.9 Å². The topological polar surface area (TPSA) is 9.23 Å². The van der Waals surface area contributed by atoms with Crippen molar-refractivity contribution in [3.8, 4) is 0 Å². The average Bonchev–Trinajstić information content (AvgIpc) is 2.37. The molecule has 0 saturated heterocycles. The van der Waals surface area contributed by atoms with E-state index in [9.17, 15) is 0 Å². The molecule has 0 radical (unpaired) electrons. The standard InChI is InChI=1S/C16H31BrO/c1-4-9-16(12-17,10-5-2)13-18-15-8-6-7-14(3)11-15/h14-15H,4-13H2,1-3H3. The Morgan fingerprint density at radius 3 is 2.33 bits per heavy atom. The molecule has 0 aliphatic heterocycles. The fraction of sp³-hybridized carbons (Fsp3) is 1.00. The van der Waals surface area contributed by atoms with Crippen molar-refractivity contribution in [1.82, 2.24) is 0 Å². The van der Waals surface area contributed by atoms with Gasteiger partial charge in [-0.25, -0.2) is 0 Å². The average molecular weight is 319 g/mol. The molecule has 2 heteroatoms. The minimum Gasteiger partial charge on any atom is -0.378 e. The fourth-order valence-electron chi connectivity index (χ4n) is 3.33. The summed E-state index contributed by atoms with van der Waals surface area (Å²) in [6.07, 6.45) is 10.9. The van der Waals surface area contributed by atoms with Gasteiger partial charge in [0.1, 0.15) is 0 Å². The van der Waals surface area contributed by atoms with E-state index in [1.807, 2.05) is 0 Å². The van der Waals surface area contributed by atoms with Gasteiger partial charge in [-0.2, -0.15) is 0 Å². The quantitative estimate of drug-likeness (QED) is 0.532. The van der Waals surface area contributed by atoms with Crippen molar-refractivity contribution in [3.05, 3.63) is 0 Å². The van der Waals surface area contributed by atoms with Crippen LogP contribution in [0.15, 0.2) is 0 Å². The molecule has 1 rings (SSSR count). The zero-order valence-corrected chi connectivity index (χ0v) is 14.1. The van der Waals surface area contributed by atoms with Crippen molar-refractivity contribution >= 4 is 15.9 Å². The van der Waals surface area contributed by atoms with E-state index in [2.05, 4.69) is 36.7 Å². The Balaban J connectivity index is 2.44. The number of ether oxygens (including phenoxy) is 1. The zero-order chi connectivity index (χ0) is 13.4. The molecule has 1 fully saturated rings. The summed E-state index contributed by atoms with van der Waals surface area (Å²) in [6, 6.07) is 0. The predicted molar refractivity (Wildman–Crippen MR) is 83.4 cm³/mol. The molecule has 0 N–H and O–H groups in total. The maximum atomic E-state index is 6.28. The van der Waals surface area contributed by atoms with Crippen LogP contribution in [0.1, 0.15) is 72.1 Å².